The van der Waals surface area contributed by atoms with E-state index in [1.165, 1.54) is 11.1 Å². The standard InChI is InChI=1S/C17H16N2OS2/c1-12-7-9-13(10-8-12)11-22-17-19-18-16(20-17)14-5-3-4-6-15(14)21-2/h3-10H,11H2,1-2H3. The van der Waals surface area contributed by atoms with E-state index in [4.69, 9.17) is 4.42 Å². The van der Waals surface area contributed by atoms with Gasteiger partial charge in [-0.25, -0.2) is 0 Å². The van der Waals surface area contributed by atoms with Gasteiger partial charge in [0, 0.05) is 10.6 Å². The number of aryl methyl sites for hydroxylation is 1. The summed E-state index contributed by atoms with van der Waals surface area (Å²) in [6, 6.07) is 16.5. The van der Waals surface area contributed by atoms with Crippen molar-refractivity contribution >= 4 is 23.5 Å². The number of rotatable bonds is 5. The van der Waals surface area contributed by atoms with Gasteiger partial charge >= 0.3 is 0 Å². The topological polar surface area (TPSA) is 38.9 Å². The minimum absolute atomic E-state index is 0.580. The molecule has 3 nitrogen and oxygen atoms in total. The van der Waals surface area contributed by atoms with Gasteiger partial charge in [0.15, 0.2) is 0 Å². The second-order valence-corrected chi connectivity index (χ2v) is 6.62. The van der Waals surface area contributed by atoms with Crippen molar-refractivity contribution in [1.29, 1.82) is 0 Å². The molecule has 112 valence electrons. The molecule has 3 rings (SSSR count). The number of aromatic nitrogens is 2. The lowest BCUT2D eigenvalue weighted by Gasteiger charge is -2.01. The van der Waals surface area contributed by atoms with Gasteiger partial charge in [0.1, 0.15) is 0 Å². The van der Waals surface area contributed by atoms with Crippen LogP contribution in [-0.2, 0) is 5.75 Å². The fourth-order valence-electron chi connectivity index (χ4n) is 2.03. The highest BCUT2D eigenvalue weighted by atomic mass is 32.2. The number of hydrogen-bond acceptors (Lipinski definition) is 5. The maximum atomic E-state index is 5.79. The molecule has 0 N–H and O–H groups in total. The van der Waals surface area contributed by atoms with Crippen LogP contribution in [0.3, 0.4) is 0 Å². The van der Waals surface area contributed by atoms with Crippen molar-refractivity contribution in [3.8, 4) is 11.5 Å². The molecule has 0 atom stereocenters. The molecule has 5 heteroatoms. The summed E-state index contributed by atoms with van der Waals surface area (Å²) in [6.45, 7) is 2.09. The minimum Gasteiger partial charge on any atom is -0.411 e. The Morgan fingerprint density at radius 3 is 2.55 bits per heavy atom. The maximum Gasteiger partial charge on any atom is 0.277 e. The Bertz CT molecular complexity index is 753. The highest BCUT2D eigenvalue weighted by Crippen LogP contribution is 2.31. The molecule has 22 heavy (non-hydrogen) atoms. The third-order valence-electron chi connectivity index (χ3n) is 3.23. The number of thioether (sulfide) groups is 2. The average Bonchev–Trinajstić information content (AvgIpc) is 3.03. The van der Waals surface area contributed by atoms with Crippen LogP contribution in [0.2, 0.25) is 0 Å². The molecule has 0 fully saturated rings. The van der Waals surface area contributed by atoms with Gasteiger partial charge < -0.3 is 4.42 Å². The van der Waals surface area contributed by atoms with Crippen LogP contribution < -0.4 is 0 Å². The highest BCUT2D eigenvalue weighted by Gasteiger charge is 2.12. The van der Waals surface area contributed by atoms with Crippen LogP contribution in [0.5, 0.6) is 0 Å². The SMILES string of the molecule is CSc1ccccc1-c1nnc(SCc2ccc(C)cc2)o1. The van der Waals surface area contributed by atoms with Crippen molar-refractivity contribution < 1.29 is 4.42 Å². The zero-order chi connectivity index (χ0) is 15.4. The van der Waals surface area contributed by atoms with Crippen LogP contribution in [0, 0.1) is 6.92 Å². The normalized spacial score (nSPS) is 10.8. The van der Waals surface area contributed by atoms with Gasteiger partial charge in [0.25, 0.3) is 5.22 Å². The summed E-state index contributed by atoms with van der Waals surface area (Å²) >= 11 is 3.24. The molecule has 0 amide bonds. The van der Waals surface area contributed by atoms with Gasteiger partial charge in [0.2, 0.25) is 5.89 Å². The van der Waals surface area contributed by atoms with E-state index in [2.05, 4.69) is 47.5 Å². The fourth-order valence-corrected chi connectivity index (χ4v) is 3.34. The molecule has 0 saturated carbocycles. The van der Waals surface area contributed by atoms with Crippen molar-refractivity contribution in [2.24, 2.45) is 0 Å². The summed E-state index contributed by atoms with van der Waals surface area (Å²) in [5, 5.41) is 8.91. The molecule has 0 radical (unpaired) electrons. The van der Waals surface area contributed by atoms with E-state index in [1.54, 1.807) is 23.5 Å². The van der Waals surface area contributed by atoms with E-state index in [1.807, 2.05) is 24.5 Å². The van der Waals surface area contributed by atoms with Crippen LogP contribution >= 0.6 is 23.5 Å². The minimum atomic E-state index is 0.580. The molecule has 0 spiro atoms. The molecule has 1 aromatic heterocycles. The van der Waals surface area contributed by atoms with Crippen LogP contribution in [0.25, 0.3) is 11.5 Å². The number of hydrogen-bond donors (Lipinski definition) is 0. The third-order valence-corrected chi connectivity index (χ3v) is 4.91. The second-order valence-electron chi connectivity index (χ2n) is 4.85. The van der Waals surface area contributed by atoms with Gasteiger partial charge in [-0.1, -0.05) is 53.7 Å². The van der Waals surface area contributed by atoms with E-state index in [9.17, 15) is 0 Å². The zero-order valence-electron chi connectivity index (χ0n) is 12.4. The summed E-state index contributed by atoms with van der Waals surface area (Å²) in [6.07, 6.45) is 2.04. The third kappa shape index (κ3) is 3.54. The lowest BCUT2D eigenvalue weighted by Crippen LogP contribution is -1.81. The van der Waals surface area contributed by atoms with Crippen LogP contribution in [-0.4, -0.2) is 16.5 Å². The predicted molar refractivity (Wildman–Crippen MR) is 92.3 cm³/mol. The Labute approximate surface area is 138 Å². The monoisotopic (exact) mass is 328 g/mol. The first kappa shape index (κ1) is 15.2. The van der Waals surface area contributed by atoms with Gasteiger partial charge in [-0.2, -0.15) is 0 Å². The number of benzene rings is 2. The van der Waals surface area contributed by atoms with Crippen LogP contribution in [0.1, 0.15) is 11.1 Å². The first-order valence-electron chi connectivity index (χ1n) is 6.91. The average molecular weight is 328 g/mol. The largest absolute Gasteiger partial charge is 0.411 e. The molecule has 0 unspecified atom stereocenters. The van der Waals surface area contributed by atoms with E-state index in [0.29, 0.717) is 11.1 Å². The van der Waals surface area contributed by atoms with Crippen LogP contribution in [0.4, 0.5) is 0 Å². The zero-order valence-corrected chi connectivity index (χ0v) is 14.1. The summed E-state index contributed by atoms with van der Waals surface area (Å²) in [7, 11) is 0. The molecule has 0 aliphatic rings. The van der Waals surface area contributed by atoms with Crippen molar-refractivity contribution in [3.05, 3.63) is 59.7 Å². The Balaban J connectivity index is 1.72. The molecule has 0 saturated heterocycles. The highest BCUT2D eigenvalue weighted by molar-refractivity contribution is 7.98. The number of nitrogens with zero attached hydrogens (tertiary/aromatic N) is 2. The summed E-state index contributed by atoms with van der Waals surface area (Å²) < 4.78 is 5.79. The van der Waals surface area contributed by atoms with E-state index >= 15 is 0 Å². The Hall–Kier alpha value is -1.72. The van der Waals surface area contributed by atoms with E-state index in [0.717, 1.165) is 16.2 Å². The Kier molecular flexibility index (Phi) is 4.85. The first-order chi connectivity index (χ1) is 10.8. The Morgan fingerprint density at radius 1 is 1.00 bits per heavy atom. The second kappa shape index (κ2) is 7.03. The van der Waals surface area contributed by atoms with Crippen molar-refractivity contribution in [2.45, 2.75) is 22.8 Å². The van der Waals surface area contributed by atoms with Gasteiger partial charge in [0.05, 0.1) is 5.56 Å². The van der Waals surface area contributed by atoms with Crippen molar-refractivity contribution in [3.63, 3.8) is 0 Å². The molecule has 0 aliphatic heterocycles. The summed E-state index contributed by atoms with van der Waals surface area (Å²) in [5.41, 5.74) is 3.51. The smallest absolute Gasteiger partial charge is 0.277 e. The molecular weight excluding hydrogens is 312 g/mol. The van der Waals surface area contributed by atoms with Gasteiger partial charge in [-0.15, -0.1) is 22.0 Å². The molecule has 3 aromatic rings. The van der Waals surface area contributed by atoms with E-state index in [-0.39, 0.29) is 0 Å². The lowest BCUT2D eigenvalue weighted by atomic mass is 10.2. The molecule has 2 aromatic carbocycles. The molecule has 0 aliphatic carbocycles. The summed E-state index contributed by atoms with van der Waals surface area (Å²) in [4.78, 5) is 1.14. The van der Waals surface area contributed by atoms with Gasteiger partial charge in [-0.05, 0) is 30.9 Å². The summed E-state index contributed by atoms with van der Waals surface area (Å²) in [5.74, 6) is 1.41. The van der Waals surface area contributed by atoms with Crippen LogP contribution in [0.15, 0.2) is 63.1 Å². The molecule has 0 bridgehead atoms. The van der Waals surface area contributed by atoms with E-state index < -0.39 is 0 Å². The van der Waals surface area contributed by atoms with Crippen molar-refractivity contribution in [1.82, 2.24) is 10.2 Å². The fraction of sp³-hybridized carbons (Fsp3) is 0.176. The Morgan fingerprint density at radius 2 is 1.77 bits per heavy atom. The quantitative estimate of drug-likeness (QED) is 0.612. The molecule has 1 heterocycles. The predicted octanol–water partition coefficient (Wildman–Crippen LogP) is 5.06. The van der Waals surface area contributed by atoms with Gasteiger partial charge in [-0.3, -0.25) is 0 Å². The van der Waals surface area contributed by atoms with Crippen molar-refractivity contribution in [2.75, 3.05) is 6.26 Å². The lowest BCUT2D eigenvalue weighted by molar-refractivity contribution is 0.465. The molecular formula is C17H16N2OS2. The first-order valence-corrected chi connectivity index (χ1v) is 9.12. The maximum absolute atomic E-state index is 5.79.